The second-order valence-electron chi connectivity index (χ2n) is 5.04. The third kappa shape index (κ3) is 7.96. The average Bonchev–Trinajstić information content (AvgIpc) is 2.35. The van der Waals surface area contributed by atoms with E-state index in [0.717, 1.165) is 5.75 Å². The summed E-state index contributed by atoms with van der Waals surface area (Å²) in [6.07, 6.45) is 2.96. The van der Waals surface area contributed by atoms with Crippen LogP contribution in [0.5, 0.6) is 0 Å². The molecule has 5 heteroatoms. The van der Waals surface area contributed by atoms with E-state index in [0.29, 0.717) is 17.9 Å². The average molecular weight is 297 g/mol. The highest BCUT2D eigenvalue weighted by molar-refractivity contribution is 7.99. The van der Waals surface area contributed by atoms with Crippen molar-refractivity contribution in [2.45, 2.75) is 19.4 Å². The van der Waals surface area contributed by atoms with Crippen molar-refractivity contribution in [3.05, 3.63) is 41.7 Å². The van der Waals surface area contributed by atoms with Gasteiger partial charge in [0.25, 0.3) is 0 Å². The van der Waals surface area contributed by atoms with E-state index in [1.54, 1.807) is 43.8 Å². The molecule has 2 N–H and O–H groups in total. The van der Waals surface area contributed by atoms with Gasteiger partial charge in [0.1, 0.15) is 5.82 Å². The van der Waals surface area contributed by atoms with Crippen LogP contribution in [0.2, 0.25) is 0 Å². The van der Waals surface area contributed by atoms with Gasteiger partial charge in [-0.2, -0.15) is 11.8 Å². The normalized spacial score (nSPS) is 11.8. The smallest absolute Gasteiger partial charge is 0.244 e. The number of amides is 1. The highest BCUT2D eigenvalue weighted by Gasteiger charge is 2.11. The second kappa shape index (κ2) is 8.07. The molecule has 0 aliphatic heterocycles. The van der Waals surface area contributed by atoms with Crippen molar-refractivity contribution >= 4 is 23.7 Å². The van der Waals surface area contributed by atoms with Crippen molar-refractivity contribution in [2.75, 3.05) is 18.1 Å². The second-order valence-corrected chi connectivity index (χ2v) is 6.15. The maximum atomic E-state index is 12.9. The van der Waals surface area contributed by atoms with Gasteiger partial charge in [-0.05, 0) is 37.6 Å². The third-order valence-corrected chi connectivity index (χ3v) is 3.68. The molecule has 20 heavy (non-hydrogen) atoms. The first-order chi connectivity index (χ1) is 9.37. The first-order valence-electron chi connectivity index (χ1n) is 6.38. The topological polar surface area (TPSA) is 49.3 Å². The number of carbonyl (C=O) groups excluding carboxylic acids is 1. The molecule has 0 aliphatic rings. The number of aliphatic hydroxyl groups is 1. The Kier molecular flexibility index (Phi) is 6.75. The molecule has 0 spiro atoms. The van der Waals surface area contributed by atoms with Crippen LogP contribution >= 0.6 is 11.8 Å². The SMILES string of the molecule is CC(C)(O)CSCCNC(=O)C=Cc1cccc(F)c1. The van der Waals surface area contributed by atoms with Crippen molar-refractivity contribution in [3.63, 3.8) is 0 Å². The molecule has 1 amide bonds. The van der Waals surface area contributed by atoms with Crippen molar-refractivity contribution in [3.8, 4) is 0 Å². The molecule has 0 aliphatic carbocycles. The summed E-state index contributed by atoms with van der Waals surface area (Å²) in [7, 11) is 0. The summed E-state index contributed by atoms with van der Waals surface area (Å²) in [5, 5.41) is 12.2. The maximum absolute atomic E-state index is 12.9. The minimum Gasteiger partial charge on any atom is -0.390 e. The van der Waals surface area contributed by atoms with E-state index in [1.165, 1.54) is 18.2 Å². The van der Waals surface area contributed by atoms with Gasteiger partial charge in [0.2, 0.25) is 5.91 Å². The third-order valence-electron chi connectivity index (χ3n) is 2.28. The zero-order chi connectivity index (χ0) is 15.0. The fourth-order valence-electron chi connectivity index (χ4n) is 1.41. The number of nitrogens with one attached hydrogen (secondary N) is 1. The van der Waals surface area contributed by atoms with Crippen molar-refractivity contribution < 1.29 is 14.3 Å². The Morgan fingerprint density at radius 1 is 1.50 bits per heavy atom. The molecule has 0 saturated heterocycles. The summed E-state index contributed by atoms with van der Waals surface area (Å²) in [6.45, 7) is 4.04. The molecule has 1 rings (SSSR count). The highest BCUT2D eigenvalue weighted by atomic mass is 32.2. The van der Waals surface area contributed by atoms with Crippen LogP contribution in [0, 0.1) is 5.82 Å². The van der Waals surface area contributed by atoms with Gasteiger partial charge in [0, 0.05) is 24.1 Å². The molecular formula is C15H20FNO2S. The molecule has 3 nitrogen and oxygen atoms in total. The first-order valence-corrected chi connectivity index (χ1v) is 7.54. The van der Waals surface area contributed by atoms with Crippen LogP contribution in [0.15, 0.2) is 30.3 Å². The molecule has 1 aromatic rings. The van der Waals surface area contributed by atoms with Crippen LogP contribution in [0.25, 0.3) is 6.08 Å². The van der Waals surface area contributed by atoms with Gasteiger partial charge in [-0.25, -0.2) is 4.39 Å². The molecule has 110 valence electrons. The van der Waals surface area contributed by atoms with E-state index in [1.807, 2.05) is 0 Å². The van der Waals surface area contributed by atoms with Gasteiger partial charge in [0.05, 0.1) is 5.60 Å². The van der Waals surface area contributed by atoms with Gasteiger partial charge < -0.3 is 10.4 Å². The Morgan fingerprint density at radius 2 is 2.25 bits per heavy atom. The number of benzene rings is 1. The number of hydrogen-bond acceptors (Lipinski definition) is 3. The van der Waals surface area contributed by atoms with Gasteiger partial charge in [-0.1, -0.05) is 12.1 Å². The molecule has 0 heterocycles. The Labute approximate surface area is 123 Å². The Hall–Kier alpha value is -1.33. The van der Waals surface area contributed by atoms with E-state index >= 15 is 0 Å². The van der Waals surface area contributed by atoms with Gasteiger partial charge >= 0.3 is 0 Å². The minimum absolute atomic E-state index is 0.210. The van der Waals surface area contributed by atoms with Gasteiger partial charge in [-0.3, -0.25) is 4.79 Å². The predicted octanol–water partition coefficient (Wildman–Crippen LogP) is 2.46. The molecule has 0 atom stereocenters. The molecule has 0 unspecified atom stereocenters. The molecule has 0 bridgehead atoms. The van der Waals surface area contributed by atoms with Crippen LogP contribution < -0.4 is 5.32 Å². The predicted molar refractivity (Wildman–Crippen MR) is 82.1 cm³/mol. The summed E-state index contributed by atoms with van der Waals surface area (Å²) >= 11 is 1.58. The number of thioether (sulfide) groups is 1. The zero-order valence-corrected chi connectivity index (χ0v) is 12.5. The molecular weight excluding hydrogens is 277 g/mol. The molecule has 0 saturated carbocycles. The lowest BCUT2D eigenvalue weighted by atomic mass is 10.2. The van der Waals surface area contributed by atoms with E-state index in [4.69, 9.17) is 0 Å². The number of carbonyl (C=O) groups is 1. The van der Waals surface area contributed by atoms with E-state index in [9.17, 15) is 14.3 Å². The minimum atomic E-state index is -0.689. The summed E-state index contributed by atoms with van der Waals surface area (Å²) < 4.78 is 12.9. The molecule has 0 radical (unpaired) electrons. The van der Waals surface area contributed by atoms with E-state index < -0.39 is 5.60 Å². The number of halogens is 1. The molecule has 1 aromatic carbocycles. The fourth-order valence-corrected chi connectivity index (χ4v) is 2.30. The molecule has 0 fully saturated rings. The maximum Gasteiger partial charge on any atom is 0.244 e. The van der Waals surface area contributed by atoms with Gasteiger partial charge in [0.15, 0.2) is 0 Å². The largest absolute Gasteiger partial charge is 0.390 e. The zero-order valence-electron chi connectivity index (χ0n) is 11.7. The van der Waals surface area contributed by atoms with Crippen LogP contribution in [-0.2, 0) is 4.79 Å². The van der Waals surface area contributed by atoms with Crippen LogP contribution in [0.1, 0.15) is 19.4 Å². The standard InChI is InChI=1S/C15H20FNO2S/c1-15(2,19)11-20-9-8-17-14(18)7-6-12-4-3-5-13(16)10-12/h3-7,10,19H,8-9,11H2,1-2H3,(H,17,18). The van der Waals surface area contributed by atoms with Gasteiger partial charge in [-0.15, -0.1) is 0 Å². The lowest BCUT2D eigenvalue weighted by Crippen LogP contribution is -2.26. The number of rotatable bonds is 7. The fraction of sp³-hybridized carbons (Fsp3) is 0.400. The Balaban J connectivity index is 2.24. The van der Waals surface area contributed by atoms with E-state index in [-0.39, 0.29) is 11.7 Å². The lowest BCUT2D eigenvalue weighted by Gasteiger charge is -2.15. The van der Waals surface area contributed by atoms with Crippen LogP contribution in [0.3, 0.4) is 0 Å². The van der Waals surface area contributed by atoms with Crippen molar-refractivity contribution in [1.82, 2.24) is 5.32 Å². The monoisotopic (exact) mass is 297 g/mol. The van der Waals surface area contributed by atoms with E-state index in [2.05, 4.69) is 5.32 Å². The summed E-state index contributed by atoms with van der Waals surface area (Å²) in [4.78, 5) is 11.5. The summed E-state index contributed by atoms with van der Waals surface area (Å²) in [6, 6.07) is 6.05. The Bertz CT molecular complexity index is 469. The quantitative estimate of drug-likeness (QED) is 0.600. The Morgan fingerprint density at radius 3 is 2.90 bits per heavy atom. The lowest BCUT2D eigenvalue weighted by molar-refractivity contribution is -0.116. The summed E-state index contributed by atoms with van der Waals surface area (Å²) in [5.41, 5.74) is -0.0389. The summed E-state index contributed by atoms with van der Waals surface area (Å²) in [5.74, 6) is 0.833. The molecule has 0 aromatic heterocycles. The highest BCUT2D eigenvalue weighted by Crippen LogP contribution is 2.10. The van der Waals surface area contributed by atoms with Crippen LogP contribution in [0.4, 0.5) is 4.39 Å². The number of hydrogen-bond donors (Lipinski definition) is 2. The van der Waals surface area contributed by atoms with Crippen molar-refractivity contribution in [2.24, 2.45) is 0 Å². The first kappa shape index (κ1) is 16.7. The van der Waals surface area contributed by atoms with Crippen molar-refractivity contribution in [1.29, 1.82) is 0 Å². The van der Waals surface area contributed by atoms with Crippen LogP contribution in [-0.4, -0.2) is 34.7 Å².